The number of hydrogen-bond acceptors (Lipinski definition) is 3. The van der Waals surface area contributed by atoms with E-state index in [2.05, 4.69) is 10.2 Å². The van der Waals surface area contributed by atoms with Gasteiger partial charge in [-0.15, -0.1) is 0 Å². The van der Waals surface area contributed by atoms with Gasteiger partial charge < -0.3 is 15.0 Å². The molecule has 3 nitrogen and oxygen atoms in total. The lowest BCUT2D eigenvalue weighted by molar-refractivity contribution is -0.0722. The van der Waals surface area contributed by atoms with E-state index in [0.717, 1.165) is 18.5 Å². The fourth-order valence-corrected chi connectivity index (χ4v) is 3.56. The van der Waals surface area contributed by atoms with Crippen LogP contribution in [-0.2, 0) is 4.74 Å². The minimum Gasteiger partial charge on any atom is -0.377 e. The number of rotatable bonds is 4. The molecule has 2 aliphatic heterocycles. The first kappa shape index (κ1) is 11.0. The van der Waals surface area contributed by atoms with Crippen LogP contribution in [0.25, 0.3) is 0 Å². The van der Waals surface area contributed by atoms with Crippen LogP contribution in [0.5, 0.6) is 0 Å². The molecular weight excluding hydrogens is 200 g/mol. The normalized spacial score (nSPS) is 40.7. The number of ether oxygens (including phenoxy) is 1. The molecule has 3 aliphatic rings. The van der Waals surface area contributed by atoms with Crippen molar-refractivity contribution in [2.45, 2.75) is 43.7 Å². The summed E-state index contributed by atoms with van der Waals surface area (Å²) in [7, 11) is 1.87. The van der Waals surface area contributed by atoms with Crippen molar-refractivity contribution >= 4 is 0 Å². The van der Waals surface area contributed by atoms with Gasteiger partial charge in [0.1, 0.15) is 0 Å². The van der Waals surface area contributed by atoms with Crippen LogP contribution in [0.3, 0.4) is 0 Å². The molecule has 2 heterocycles. The van der Waals surface area contributed by atoms with Gasteiger partial charge in [-0.1, -0.05) is 0 Å². The SMILES string of the molecule is COC1(CNC2CCN3CCC2C3)CCC1. The Hall–Kier alpha value is -0.120. The number of piperidine rings is 1. The Labute approximate surface area is 98.5 Å². The van der Waals surface area contributed by atoms with Gasteiger partial charge >= 0.3 is 0 Å². The van der Waals surface area contributed by atoms with E-state index in [1.54, 1.807) is 0 Å². The van der Waals surface area contributed by atoms with Crippen LogP contribution in [0.1, 0.15) is 32.1 Å². The summed E-state index contributed by atoms with van der Waals surface area (Å²) in [5.74, 6) is 0.905. The Morgan fingerprint density at radius 1 is 1.31 bits per heavy atom. The number of nitrogens with zero attached hydrogens (tertiary/aromatic N) is 1. The Balaban J connectivity index is 1.51. The van der Waals surface area contributed by atoms with Crippen molar-refractivity contribution in [2.24, 2.45) is 5.92 Å². The fourth-order valence-electron chi connectivity index (χ4n) is 3.56. The molecule has 0 aromatic rings. The summed E-state index contributed by atoms with van der Waals surface area (Å²) in [5.41, 5.74) is 0.190. The molecule has 3 unspecified atom stereocenters. The van der Waals surface area contributed by atoms with E-state index in [9.17, 15) is 0 Å². The van der Waals surface area contributed by atoms with Gasteiger partial charge in [-0.25, -0.2) is 0 Å². The molecular formula is C13H24N2O. The largest absolute Gasteiger partial charge is 0.377 e. The molecule has 92 valence electrons. The van der Waals surface area contributed by atoms with E-state index in [1.807, 2.05) is 7.11 Å². The van der Waals surface area contributed by atoms with E-state index in [1.165, 1.54) is 51.7 Å². The zero-order valence-corrected chi connectivity index (χ0v) is 10.4. The van der Waals surface area contributed by atoms with Crippen molar-refractivity contribution in [1.82, 2.24) is 10.2 Å². The summed E-state index contributed by atoms with van der Waals surface area (Å²) in [5, 5.41) is 3.79. The average Bonchev–Trinajstić information content (AvgIpc) is 2.63. The second-order valence-corrected chi connectivity index (χ2v) is 5.87. The summed E-state index contributed by atoms with van der Waals surface area (Å²) >= 11 is 0. The monoisotopic (exact) mass is 224 g/mol. The third-order valence-corrected chi connectivity index (χ3v) is 5.02. The minimum absolute atomic E-state index is 0.190. The molecule has 3 rings (SSSR count). The maximum atomic E-state index is 5.67. The molecule has 3 heteroatoms. The van der Waals surface area contributed by atoms with Crippen LogP contribution in [-0.4, -0.2) is 49.8 Å². The maximum Gasteiger partial charge on any atom is 0.0802 e. The van der Waals surface area contributed by atoms with Crippen LogP contribution in [0, 0.1) is 5.92 Å². The lowest BCUT2D eigenvalue weighted by Gasteiger charge is -2.42. The second-order valence-electron chi connectivity index (χ2n) is 5.87. The maximum absolute atomic E-state index is 5.67. The van der Waals surface area contributed by atoms with Crippen molar-refractivity contribution < 1.29 is 4.74 Å². The topological polar surface area (TPSA) is 24.5 Å². The van der Waals surface area contributed by atoms with Gasteiger partial charge in [0.05, 0.1) is 5.60 Å². The highest BCUT2D eigenvalue weighted by Crippen LogP contribution is 2.35. The molecule has 16 heavy (non-hydrogen) atoms. The van der Waals surface area contributed by atoms with Crippen molar-refractivity contribution in [1.29, 1.82) is 0 Å². The van der Waals surface area contributed by atoms with E-state index < -0.39 is 0 Å². The number of methoxy groups -OCH3 is 1. The van der Waals surface area contributed by atoms with Crippen molar-refractivity contribution in [3.05, 3.63) is 0 Å². The van der Waals surface area contributed by atoms with Crippen LogP contribution >= 0.6 is 0 Å². The molecule has 1 N–H and O–H groups in total. The van der Waals surface area contributed by atoms with Gasteiger partial charge in [0.25, 0.3) is 0 Å². The lowest BCUT2D eigenvalue weighted by atomic mass is 9.79. The average molecular weight is 224 g/mol. The van der Waals surface area contributed by atoms with Gasteiger partial charge in [-0.2, -0.15) is 0 Å². The van der Waals surface area contributed by atoms with Gasteiger partial charge in [0, 0.05) is 26.2 Å². The first-order valence-electron chi connectivity index (χ1n) is 6.82. The van der Waals surface area contributed by atoms with E-state index in [-0.39, 0.29) is 5.60 Å². The standard InChI is InChI=1S/C13H24N2O/c1-16-13(5-2-6-13)10-14-12-4-8-15-7-3-11(12)9-15/h11-12,14H,2-10H2,1H3. The predicted octanol–water partition coefficient (Wildman–Crippen LogP) is 1.24. The number of fused-ring (bicyclic) bond motifs is 2. The predicted molar refractivity (Wildman–Crippen MR) is 64.5 cm³/mol. The molecule has 0 radical (unpaired) electrons. The zero-order valence-electron chi connectivity index (χ0n) is 10.4. The van der Waals surface area contributed by atoms with E-state index in [4.69, 9.17) is 4.74 Å². The highest BCUT2D eigenvalue weighted by molar-refractivity contribution is 4.96. The molecule has 0 spiro atoms. The molecule has 2 bridgehead atoms. The van der Waals surface area contributed by atoms with Gasteiger partial charge in [0.15, 0.2) is 0 Å². The summed E-state index contributed by atoms with van der Waals surface area (Å²) in [6.07, 6.45) is 6.58. The first-order valence-corrected chi connectivity index (χ1v) is 6.82. The number of hydrogen-bond donors (Lipinski definition) is 1. The number of nitrogens with one attached hydrogen (secondary N) is 1. The second kappa shape index (κ2) is 4.28. The third kappa shape index (κ3) is 1.89. The van der Waals surface area contributed by atoms with Crippen molar-refractivity contribution in [3.8, 4) is 0 Å². The molecule has 0 aromatic heterocycles. The smallest absolute Gasteiger partial charge is 0.0802 e. The molecule has 1 aliphatic carbocycles. The summed E-state index contributed by atoms with van der Waals surface area (Å²) < 4.78 is 5.67. The fraction of sp³-hybridized carbons (Fsp3) is 1.00. The summed E-state index contributed by atoms with van der Waals surface area (Å²) in [6, 6.07) is 0.756. The van der Waals surface area contributed by atoms with Gasteiger partial charge in [-0.3, -0.25) is 0 Å². The Morgan fingerprint density at radius 2 is 2.12 bits per heavy atom. The lowest BCUT2D eigenvalue weighted by Crippen LogP contribution is -2.53. The first-order chi connectivity index (χ1) is 7.81. The van der Waals surface area contributed by atoms with E-state index in [0.29, 0.717) is 0 Å². The summed E-state index contributed by atoms with van der Waals surface area (Å²) in [6.45, 7) is 5.04. The zero-order chi connectivity index (χ0) is 11.0. The molecule has 3 fully saturated rings. The molecule has 1 saturated carbocycles. The molecule has 0 amide bonds. The van der Waals surface area contributed by atoms with Crippen LogP contribution < -0.4 is 5.32 Å². The van der Waals surface area contributed by atoms with Crippen molar-refractivity contribution in [2.75, 3.05) is 33.3 Å². The van der Waals surface area contributed by atoms with E-state index >= 15 is 0 Å². The van der Waals surface area contributed by atoms with Crippen LogP contribution in [0.4, 0.5) is 0 Å². The van der Waals surface area contributed by atoms with Crippen LogP contribution in [0.2, 0.25) is 0 Å². The minimum atomic E-state index is 0.190. The summed E-state index contributed by atoms with van der Waals surface area (Å²) in [4.78, 5) is 2.61. The molecule has 3 atom stereocenters. The van der Waals surface area contributed by atoms with Gasteiger partial charge in [0.2, 0.25) is 0 Å². The third-order valence-electron chi connectivity index (χ3n) is 5.02. The molecule has 0 aromatic carbocycles. The quantitative estimate of drug-likeness (QED) is 0.777. The Bertz CT molecular complexity index is 247. The Kier molecular flexibility index (Phi) is 2.94. The highest BCUT2D eigenvalue weighted by Gasteiger charge is 2.39. The van der Waals surface area contributed by atoms with Crippen molar-refractivity contribution in [3.63, 3.8) is 0 Å². The van der Waals surface area contributed by atoms with Crippen LogP contribution in [0.15, 0.2) is 0 Å². The van der Waals surface area contributed by atoms with Gasteiger partial charge in [-0.05, 0) is 51.1 Å². The highest BCUT2D eigenvalue weighted by atomic mass is 16.5. The Morgan fingerprint density at radius 3 is 2.81 bits per heavy atom. The molecule has 2 saturated heterocycles.